The topological polar surface area (TPSA) is 62.2 Å². The van der Waals surface area contributed by atoms with Gasteiger partial charge in [-0.1, -0.05) is 43.1 Å². The molecule has 194 valence electrons. The quantitative estimate of drug-likeness (QED) is 0.243. The maximum absolute atomic E-state index is 13.9. The standard InChI is InChI=1S/C28H24Cl2FN5OS/c1-16(2)27(37)33-22-11-9-18(15-20(22)30)36-26(25(34-28(36)38)23-6-3-4-12-32-23)24-7-5-13-35(24)17-8-10-21(31)19(29)14-17/h3-16,25-26H,1-2H3,(H,33,37)(H,34,38). The van der Waals surface area contributed by atoms with Crippen LogP contribution in [0.25, 0.3) is 5.69 Å². The van der Waals surface area contributed by atoms with Crippen molar-refractivity contribution in [2.45, 2.75) is 25.9 Å². The molecule has 1 aliphatic rings. The molecule has 5 rings (SSSR count). The van der Waals surface area contributed by atoms with Crippen LogP contribution in [0.5, 0.6) is 0 Å². The van der Waals surface area contributed by atoms with Crippen LogP contribution in [0.3, 0.4) is 0 Å². The fourth-order valence-corrected chi connectivity index (χ4v) is 5.21. The number of amides is 1. The van der Waals surface area contributed by atoms with Crippen LogP contribution in [0.2, 0.25) is 10.0 Å². The summed E-state index contributed by atoms with van der Waals surface area (Å²) < 4.78 is 15.9. The van der Waals surface area contributed by atoms with Crippen LogP contribution < -0.4 is 15.5 Å². The minimum Gasteiger partial charge on any atom is -0.351 e. The van der Waals surface area contributed by atoms with E-state index in [4.69, 9.17) is 35.4 Å². The molecule has 0 saturated carbocycles. The van der Waals surface area contributed by atoms with Crippen molar-refractivity contribution in [1.29, 1.82) is 0 Å². The highest BCUT2D eigenvalue weighted by molar-refractivity contribution is 7.80. The van der Waals surface area contributed by atoms with Gasteiger partial charge < -0.3 is 20.1 Å². The number of nitrogens with zero attached hydrogens (tertiary/aromatic N) is 3. The molecular formula is C28H24Cl2FN5OS. The van der Waals surface area contributed by atoms with Crippen molar-refractivity contribution >= 4 is 57.8 Å². The van der Waals surface area contributed by atoms with Gasteiger partial charge in [-0.2, -0.15) is 0 Å². The number of anilines is 2. The fraction of sp³-hybridized carbons (Fsp3) is 0.179. The zero-order valence-electron chi connectivity index (χ0n) is 20.5. The molecule has 0 bridgehead atoms. The molecule has 1 saturated heterocycles. The maximum atomic E-state index is 13.9. The largest absolute Gasteiger partial charge is 0.351 e. The fourth-order valence-electron chi connectivity index (χ4n) is 4.47. The molecule has 6 nitrogen and oxygen atoms in total. The highest BCUT2D eigenvalue weighted by Gasteiger charge is 2.42. The first-order valence-corrected chi connectivity index (χ1v) is 13.1. The summed E-state index contributed by atoms with van der Waals surface area (Å²) in [7, 11) is 0. The first-order chi connectivity index (χ1) is 18.2. The lowest BCUT2D eigenvalue weighted by Gasteiger charge is -2.29. The second-order valence-electron chi connectivity index (χ2n) is 9.21. The highest BCUT2D eigenvalue weighted by atomic mass is 35.5. The second-order valence-corrected chi connectivity index (χ2v) is 10.4. The molecule has 0 radical (unpaired) electrons. The van der Waals surface area contributed by atoms with Gasteiger partial charge in [-0.05, 0) is 72.9 Å². The number of rotatable bonds is 6. The van der Waals surface area contributed by atoms with Crippen molar-refractivity contribution in [3.8, 4) is 5.69 Å². The van der Waals surface area contributed by atoms with E-state index in [9.17, 15) is 9.18 Å². The summed E-state index contributed by atoms with van der Waals surface area (Å²) in [6, 6.07) is 19.0. The smallest absolute Gasteiger partial charge is 0.226 e. The van der Waals surface area contributed by atoms with Gasteiger partial charge in [0.1, 0.15) is 11.9 Å². The average molecular weight is 569 g/mol. The van der Waals surface area contributed by atoms with E-state index in [-0.39, 0.29) is 28.9 Å². The Labute approximate surface area is 235 Å². The summed E-state index contributed by atoms with van der Waals surface area (Å²) in [6.07, 6.45) is 3.63. The number of carbonyl (C=O) groups excluding carboxylic acids is 1. The number of hydrogen-bond acceptors (Lipinski definition) is 3. The molecule has 0 spiro atoms. The van der Waals surface area contributed by atoms with Gasteiger partial charge in [-0.25, -0.2) is 4.39 Å². The third-order valence-corrected chi connectivity index (χ3v) is 7.29. The van der Waals surface area contributed by atoms with E-state index in [0.29, 0.717) is 21.5 Å². The Morgan fingerprint density at radius 2 is 1.82 bits per heavy atom. The van der Waals surface area contributed by atoms with E-state index in [1.165, 1.54) is 6.07 Å². The zero-order valence-corrected chi connectivity index (χ0v) is 22.9. The van der Waals surface area contributed by atoms with Crippen molar-refractivity contribution < 1.29 is 9.18 Å². The maximum Gasteiger partial charge on any atom is 0.226 e. The van der Waals surface area contributed by atoms with E-state index < -0.39 is 5.82 Å². The SMILES string of the molecule is CC(C)C(=O)Nc1ccc(N2C(=S)NC(c3ccccn3)C2c2cccn2-c2ccc(F)c(Cl)c2)cc1Cl. The van der Waals surface area contributed by atoms with Crippen LogP contribution >= 0.6 is 35.4 Å². The summed E-state index contributed by atoms with van der Waals surface area (Å²) >= 11 is 18.6. The Morgan fingerprint density at radius 3 is 2.50 bits per heavy atom. The number of carbonyl (C=O) groups is 1. The van der Waals surface area contributed by atoms with E-state index in [1.807, 2.05) is 65.9 Å². The molecule has 2 unspecified atom stereocenters. The predicted octanol–water partition coefficient (Wildman–Crippen LogP) is 7.09. The molecule has 2 aromatic heterocycles. The van der Waals surface area contributed by atoms with Crippen LogP contribution in [-0.4, -0.2) is 20.6 Å². The summed E-state index contributed by atoms with van der Waals surface area (Å²) in [4.78, 5) is 18.8. The molecule has 2 aromatic carbocycles. The number of nitrogens with one attached hydrogen (secondary N) is 2. The molecular weight excluding hydrogens is 544 g/mol. The summed E-state index contributed by atoms with van der Waals surface area (Å²) in [5.74, 6) is -0.792. The van der Waals surface area contributed by atoms with Crippen molar-refractivity contribution in [2.75, 3.05) is 10.2 Å². The van der Waals surface area contributed by atoms with Crippen LogP contribution in [0, 0.1) is 11.7 Å². The molecule has 2 N–H and O–H groups in total. The Kier molecular flexibility index (Phi) is 7.38. The summed E-state index contributed by atoms with van der Waals surface area (Å²) in [5.41, 5.74) is 3.65. The van der Waals surface area contributed by atoms with Gasteiger partial charge in [0.05, 0.1) is 27.5 Å². The van der Waals surface area contributed by atoms with Gasteiger partial charge in [-0.15, -0.1) is 0 Å². The van der Waals surface area contributed by atoms with Crippen LogP contribution in [0.4, 0.5) is 15.8 Å². The third-order valence-electron chi connectivity index (χ3n) is 6.38. The predicted molar refractivity (Wildman–Crippen MR) is 154 cm³/mol. The monoisotopic (exact) mass is 567 g/mol. The van der Waals surface area contributed by atoms with Crippen LogP contribution in [-0.2, 0) is 4.79 Å². The number of pyridine rings is 1. The molecule has 4 aromatic rings. The minimum atomic E-state index is -0.486. The Hall–Kier alpha value is -3.46. The molecule has 1 amide bonds. The first-order valence-electron chi connectivity index (χ1n) is 12.0. The summed E-state index contributed by atoms with van der Waals surface area (Å²) in [5, 5.41) is 7.19. The molecule has 38 heavy (non-hydrogen) atoms. The second kappa shape index (κ2) is 10.7. The normalized spacial score (nSPS) is 17.1. The number of benzene rings is 2. The van der Waals surface area contributed by atoms with E-state index in [0.717, 1.165) is 17.1 Å². The lowest BCUT2D eigenvalue weighted by molar-refractivity contribution is -0.118. The molecule has 10 heteroatoms. The first kappa shape index (κ1) is 26.2. The Bertz CT molecular complexity index is 1510. The molecule has 0 aliphatic carbocycles. The van der Waals surface area contributed by atoms with Crippen molar-refractivity contribution in [3.63, 3.8) is 0 Å². The number of thiocarbonyl (C=S) groups is 1. The summed E-state index contributed by atoms with van der Waals surface area (Å²) in [6.45, 7) is 3.63. The Morgan fingerprint density at radius 1 is 1.05 bits per heavy atom. The lowest BCUT2D eigenvalue weighted by atomic mass is 10.0. The Balaban J connectivity index is 1.61. The van der Waals surface area contributed by atoms with Crippen molar-refractivity contribution in [2.24, 2.45) is 5.92 Å². The van der Waals surface area contributed by atoms with Gasteiger partial charge in [0, 0.05) is 35.4 Å². The van der Waals surface area contributed by atoms with Crippen molar-refractivity contribution in [1.82, 2.24) is 14.9 Å². The molecule has 1 aliphatic heterocycles. The van der Waals surface area contributed by atoms with Gasteiger partial charge in [0.15, 0.2) is 5.11 Å². The van der Waals surface area contributed by atoms with Crippen molar-refractivity contribution in [3.05, 3.63) is 106 Å². The molecule has 1 fully saturated rings. The average Bonchev–Trinajstić information content (AvgIpc) is 3.51. The van der Waals surface area contributed by atoms with E-state index >= 15 is 0 Å². The molecule has 2 atom stereocenters. The van der Waals surface area contributed by atoms with E-state index in [2.05, 4.69) is 15.6 Å². The molecule has 3 heterocycles. The van der Waals surface area contributed by atoms with Gasteiger partial charge in [0.2, 0.25) is 5.91 Å². The van der Waals surface area contributed by atoms with Crippen LogP contribution in [0.1, 0.15) is 37.3 Å². The van der Waals surface area contributed by atoms with Gasteiger partial charge in [-0.3, -0.25) is 9.78 Å². The number of halogens is 3. The highest BCUT2D eigenvalue weighted by Crippen LogP contribution is 2.43. The lowest BCUT2D eigenvalue weighted by Crippen LogP contribution is -2.30. The number of hydrogen-bond donors (Lipinski definition) is 2. The van der Waals surface area contributed by atoms with Crippen LogP contribution in [0.15, 0.2) is 79.1 Å². The van der Waals surface area contributed by atoms with Gasteiger partial charge in [0.25, 0.3) is 0 Å². The van der Waals surface area contributed by atoms with Gasteiger partial charge >= 0.3 is 0 Å². The van der Waals surface area contributed by atoms with E-state index in [1.54, 1.807) is 30.5 Å². The minimum absolute atomic E-state index is 0.0335. The third kappa shape index (κ3) is 4.99. The number of aromatic nitrogens is 2. The zero-order chi connectivity index (χ0) is 27.0.